The van der Waals surface area contributed by atoms with Gasteiger partial charge in [-0.25, -0.2) is 0 Å². The Kier molecular flexibility index (Phi) is 3.84. The SMILES string of the molecule is C=C(CC)c1ccc(C)cc1CC(C)=O. The van der Waals surface area contributed by atoms with Crippen molar-refractivity contribution in [1.29, 1.82) is 0 Å². The van der Waals surface area contributed by atoms with Gasteiger partial charge in [0.15, 0.2) is 0 Å². The van der Waals surface area contributed by atoms with Crippen LogP contribution in [0, 0.1) is 6.92 Å². The molecule has 1 nitrogen and oxygen atoms in total. The number of ketones is 1. The Labute approximate surface area is 91.8 Å². The minimum Gasteiger partial charge on any atom is -0.300 e. The first-order valence-corrected chi connectivity index (χ1v) is 5.31. The smallest absolute Gasteiger partial charge is 0.134 e. The molecule has 0 saturated heterocycles. The summed E-state index contributed by atoms with van der Waals surface area (Å²) < 4.78 is 0. The van der Waals surface area contributed by atoms with Crippen LogP contribution in [0.1, 0.15) is 37.0 Å². The van der Waals surface area contributed by atoms with E-state index in [4.69, 9.17) is 0 Å². The van der Waals surface area contributed by atoms with Crippen molar-refractivity contribution in [3.63, 3.8) is 0 Å². The van der Waals surface area contributed by atoms with Gasteiger partial charge in [-0.1, -0.05) is 37.3 Å². The van der Waals surface area contributed by atoms with Gasteiger partial charge in [0, 0.05) is 6.42 Å². The average Bonchev–Trinajstić information content (AvgIpc) is 2.16. The first-order chi connectivity index (χ1) is 7.04. The lowest BCUT2D eigenvalue weighted by Crippen LogP contribution is -2.01. The molecular formula is C14H18O. The Morgan fingerprint density at radius 1 is 1.40 bits per heavy atom. The summed E-state index contributed by atoms with van der Waals surface area (Å²) in [5.74, 6) is 0.200. The van der Waals surface area contributed by atoms with Crippen molar-refractivity contribution >= 4 is 11.4 Å². The van der Waals surface area contributed by atoms with Gasteiger partial charge in [-0.3, -0.25) is 4.79 Å². The minimum absolute atomic E-state index is 0.200. The second-order valence-electron chi connectivity index (χ2n) is 4.00. The van der Waals surface area contributed by atoms with Gasteiger partial charge in [-0.15, -0.1) is 0 Å². The average molecular weight is 202 g/mol. The highest BCUT2D eigenvalue weighted by molar-refractivity contribution is 5.80. The van der Waals surface area contributed by atoms with Gasteiger partial charge in [0.2, 0.25) is 0 Å². The molecule has 0 saturated carbocycles. The molecule has 0 radical (unpaired) electrons. The maximum Gasteiger partial charge on any atom is 0.134 e. The number of hydrogen-bond donors (Lipinski definition) is 0. The van der Waals surface area contributed by atoms with Crippen LogP contribution in [-0.2, 0) is 11.2 Å². The van der Waals surface area contributed by atoms with Crippen LogP contribution >= 0.6 is 0 Å². The van der Waals surface area contributed by atoms with Crippen LogP contribution in [0.3, 0.4) is 0 Å². The molecule has 0 heterocycles. The van der Waals surface area contributed by atoms with Crippen molar-refractivity contribution in [2.45, 2.75) is 33.6 Å². The monoisotopic (exact) mass is 202 g/mol. The molecule has 1 aromatic rings. The Balaban J connectivity index is 3.13. The molecular weight excluding hydrogens is 184 g/mol. The molecule has 1 heteroatoms. The van der Waals surface area contributed by atoms with E-state index in [1.54, 1.807) is 6.92 Å². The third-order valence-corrected chi connectivity index (χ3v) is 2.51. The maximum absolute atomic E-state index is 11.2. The molecule has 1 aromatic carbocycles. The fourth-order valence-electron chi connectivity index (χ4n) is 1.67. The first-order valence-electron chi connectivity index (χ1n) is 5.31. The summed E-state index contributed by atoms with van der Waals surface area (Å²) in [5.41, 5.74) is 4.54. The molecule has 0 aliphatic carbocycles. The van der Waals surface area contributed by atoms with Gasteiger partial charge < -0.3 is 0 Å². The van der Waals surface area contributed by atoms with E-state index in [1.165, 1.54) is 5.56 Å². The van der Waals surface area contributed by atoms with E-state index in [0.29, 0.717) is 6.42 Å². The summed E-state index contributed by atoms with van der Waals surface area (Å²) in [6.07, 6.45) is 1.43. The van der Waals surface area contributed by atoms with Gasteiger partial charge in [0.05, 0.1) is 0 Å². The predicted molar refractivity (Wildman–Crippen MR) is 64.9 cm³/mol. The highest BCUT2D eigenvalue weighted by atomic mass is 16.1. The number of allylic oxidation sites excluding steroid dienone is 1. The Morgan fingerprint density at radius 2 is 2.07 bits per heavy atom. The van der Waals surface area contributed by atoms with Gasteiger partial charge in [-0.05, 0) is 37.0 Å². The molecule has 80 valence electrons. The van der Waals surface area contributed by atoms with Gasteiger partial charge in [0.25, 0.3) is 0 Å². The quantitative estimate of drug-likeness (QED) is 0.729. The van der Waals surface area contributed by atoms with E-state index in [9.17, 15) is 4.79 Å². The number of carbonyl (C=O) groups excluding carboxylic acids is 1. The lowest BCUT2D eigenvalue weighted by molar-refractivity contribution is -0.116. The second kappa shape index (κ2) is 4.92. The summed E-state index contributed by atoms with van der Waals surface area (Å²) in [4.78, 5) is 11.2. The molecule has 0 aliphatic rings. The van der Waals surface area contributed by atoms with Crippen LogP contribution < -0.4 is 0 Å². The second-order valence-corrected chi connectivity index (χ2v) is 4.00. The number of benzene rings is 1. The van der Waals surface area contributed by atoms with Crippen LogP contribution in [0.5, 0.6) is 0 Å². The third kappa shape index (κ3) is 3.05. The fraction of sp³-hybridized carbons (Fsp3) is 0.357. The predicted octanol–water partition coefficient (Wildman–Crippen LogP) is 3.55. The maximum atomic E-state index is 11.2. The molecule has 0 N–H and O–H groups in total. The highest BCUT2D eigenvalue weighted by Gasteiger charge is 2.07. The van der Waals surface area contributed by atoms with E-state index >= 15 is 0 Å². The van der Waals surface area contributed by atoms with Crippen molar-refractivity contribution in [3.8, 4) is 0 Å². The van der Waals surface area contributed by atoms with Crippen LogP contribution in [0.2, 0.25) is 0 Å². The zero-order chi connectivity index (χ0) is 11.4. The standard InChI is InChI=1S/C14H18O/c1-5-11(3)14-7-6-10(2)8-13(14)9-12(4)15/h6-8H,3,5,9H2,1-2,4H3. The largest absolute Gasteiger partial charge is 0.300 e. The Hall–Kier alpha value is -1.37. The number of Topliss-reactive ketones (excluding diaryl/α,β-unsaturated/α-hetero) is 1. The third-order valence-electron chi connectivity index (χ3n) is 2.51. The zero-order valence-electron chi connectivity index (χ0n) is 9.76. The topological polar surface area (TPSA) is 17.1 Å². The number of hydrogen-bond acceptors (Lipinski definition) is 1. The molecule has 0 bridgehead atoms. The van der Waals surface area contributed by atoms with Gasteiger partial charge in [-0.2, -0.15) is 0 Å². The van der Waals surface area contributed by atoms with E-state index in [2.05, 4.69) is 31.7 Å². The minimum atomic E-state index is 0.200. The van der Waals surface area contributed by atoms with E-state index < -0.39 is 0 Å². The van der Waals surface area contributed by atoms with Gasteiger partial charge in [0.1, 0.15) is 5.78 Å². The number of aryl methyl sites for hydroxylation is 1. The molecule has 15 heavy (non-hydrogen) atoms. The fourth-order valence-corrected chi connectivity index (χ4v) is 1.67. The molecule has 0 fully saturated rings. The molecule has 0 aliphatic heterocycles. The highest BCUT2D eigenvalue weighted by Crippen LogP contribution is 2.22. The normalized spacial score (nSPS) is 10.1. The summed E-state index contributed by atoms with van der Waals surface area (Å²) >= 11 is 0. The van der Waals surface area contributed by atoms with Crippen LogP contribution in [-0.4, -0.2) is 5.78 Å². The molecule has 0 spiro atoms. The Morgan fingerprint density at radius 3 is 2.60 bits per heavy atom. The molecule has 0 aromatic heterocycles. The lowest BCUT2D eigenvalue weighted by atomic mass is 9.94. The van der Waals surface area contributed by atoms with Crippen molar-refractivity contribution < 1.29 is 4.79 Å². The Bertz CT molecular complexity index is 388. The van der Waals surface area contributed by atoms with Crippen molar-refractivity contribution in [2.75, 3.05) is 0 Å². The summed E-state index contributed by atoms with van der Waals surface area (Å²) in [5, 5.41) is 0. The number of carbonyl (C=O) groups is 1. The summed E-state index contributed by atoms with van der Waals surface area (Å²) in [7, 11) is 0. The lowest BCUT2D eigenvalue weighted by Gasteiger charge is -2.10. The molecule has 0 unspecified atom stereocenters. The molecule has 0 amide bonds. The van der Waals surface area contributed by atoms with Crippen LogP contribution in [0.4, 0.5) is 0 Å². The van der Waals surface area contributed by atoms with Crippen molar-refractivity contribution in [2.24, 2.45) is 0 Å². The summed E-state index contributed by atoms with van der Waals surface area (Å²) in [6.45, 7) is 9.78. The van der Waals surface area contributed by atoms with Crippen molar-refractivity contribution in [1.82, 2.24) is 0 Å². The van der Waals surface area contributed by atoms with Crippen LogP contribution in [0.15, 0.2) is 24.8 Å². The van der Waals surface area contributed by atoms with Crippen molar-refractivity contribution in [3.05, 3.63) is 41.5 Å². The zero-order valence-corrected chi connectivity index (χ0v) is 9.76. The van der Waals surface area contributed by atoms with Gasteiger partial charge >= 0.3 is 0 Å². The van der Waals surface area contributed by atoms with E-state index in [0.717, 1.165) is 23.1 Å². The number of rotatable bonds is 4. The molecule has 0 atom stereocenters. The summed E-state index contributed by atoms with van der Waals surface area (Å²) in [6, 6.07) is 6.22. The van der Waals surface area contributed by atoms with E-state index in [1.807, 2.05) is 6.92 Å². The van der Waals surface area contributed by atoms with Crippen LogP contribution in [0.25, 0.3) is 5.57 Å². The van der Waals surface area contributed by atoms with E-state index in [-0.39, 0.29) is 5.78 Å². The molecule has 1 rings (SSSR count). The first kappa shape index (κ1) is 11.7.